The van der Waals surface area contributed by atoms with Gasteiger partial charge in [0.25, 0.3) is 0 Å². The normalized spacial score (nSPS) is 17.9. The topological polar surface area (TPSA) is 131 Å². The second-order valence-electron chi connectivity index (χ2n) is 6.38. The monoisotopic (exact) mass is 406 g/mol. The molecule has 0 bridgehead atoms. The molecule has 1 heterocycles. The molecule has 0 aromatic carbocycles. The van der Waals surface area contributed by atoms with Crippen molar-refractivity contribution in [3.05, 3.63) is 0 Å². The van der Waals surface area contributed by atoms with Crippen molar-refractivity contribution in [1.29, 1.82) is 0 Å². The Morgan fingerprint density at radius 2 is 1.81 bits per heavy atom. The van der Waals surface area contributed by atoms with Crippen molar-refractivity contribution in [3.8, 4) is 0 Å². The molecule has 1 rings (SSSR count). The van der Waals surface area contributed by atoms with Gasteiger partial charge >= 0.3 is 5.97 Å². The Morgan fingerprint density at radius 3 is 2.41 bits per heavy atom. The van der Waals surface area contributed by atoms with E-state index < -0.39 is 18.5 Å². The predicted molar refractivity (Wildman–Crippen MR) is 104 cm³/mol. The van der Waals surface area contributed by atoms with Crippen LogP contribution in [0.25, 0.3) is 0 Å². The molecule has 1 aliphatic rings. The van der Waals surface area contributed by atoms with Crippen molar-refractivity contribution >= 4 is 76.9 Å². The first-order chi connectivity index (χ1) is 11.5. The van der Waals surface area contributed by atoms with E-state index in [1.807, 2.05) is 0 Å². The molecule has 1 unspecified atom stereocenters. The Morgan fingerprint density at radius 1 is 1.19 bits per heavy atom. The van der Waals surface area contributed by atoms with Gasteiger partial charge in [-0.05, 0) is 6.42 Å². The Hall–Kier alpha value is 0.490. The summed E-state index contributed by atoms with van der Waals surface area (Å²) in [6, 6.07) is 0. The summed E-state index contributed by atoms with van der Waals surface area (Å²) in [7, 11) is 0. The van der Waals surface area contributed by atoms with Crippen molar-refractivity contribution in [2.75, 3.05) is 39.4 Å². The molecule has 1 atom stereocenters. The fourth-order valence-corrected chi connectivity index (χ4v) is 3.17. The first-order valence-corrected chi connectivity index (χ1v) is 8.89. The van der Waals surface area contributed by atoms with E-state index in [1.54, 1.807) is 0 Å². The average molecular weight is 406 g/mol. The molecule has 148 valence electrons. The molecule has 2 radical (unpaired) electrons. The van der Waals surface area contributed by atoms with E-state index in [9.17, 15) is 19.8 Å². The van der Waals surface area contributed by atoms with E-state index in [1.165, 1.54) is 25.7 Å². The third-order valence-electron chi connectivity index (χ3n) is 4.45. The van der Waals surface area contributed by atoms with Gasteiger partial charge in [-0.3, -0.25) is 4.48 Å². The number of carboxylic acids is 2. The molecule has 0 aromatic rings. The number of unbranched alkanes of at least 4 members (excludes halogenated alkanes) is 5. The maximum atomic E-state index is 11.3. The number of ether oxygens (including phenoxy) is 1. The molecular weight excluding hydrogens is 374 g/mol. The summed E-state index contributed by atoms with van der Waals surface area (Å²) in [5.41, 5.74) is 0. The molecule has 27 heavy (non-hydrogen) atoms. The zero-order valence-corrected chi connectivity index (χ0v) is 21.2. The largest absolute Gasteiger partial charge is 0.548 e. The number of nitrogens with zero attached hydrogens (tertiary/aromatic N) is 2. The van der Waals surface area contributed by atoms with Gasteiger partial charge < -0.3 is 25.2 Å². The van der Waals surface area contributed by atoms with Gasteiger partial charge in [0.1, 0.15) is 13.1 Å². The molecule has 0 aromatic heterocycles. The number of aliphatic carboxylic acids is 2. The van der Waals surface area contributed by atoms with E-state index in [0.717, 1.165) is 25.1 Å². The van der Waals surface area contributed by atoms with Crippen molar-refractivity contribution in [2.24, 2.45) is 4.99 Å². The first kappa shape index (κ1) is 32.2. The van der Waals surface area contributed by atoms with Crippen LogP contribution in [-0.2, 0) is 14.3 Å². The third-order valence-corrected chi connectivity index (χ3v) is 4.45. The fraction of sp³-hybridized carbons (Fsp3) is 0.824. The van der Waals surface area contributed by atoms with Crippen LogP contribution < -0.4 is 5.11 Å². The molecular formula is C17H32N2Na2O6. The standard InChI is InChI=1S/C17H30N2O5.2Na.H2O/c1-2-3-4-5-6-7-8-15-18-9-10-19(15,13-16(20)21)11-12-24-14-17(22)23;;;/h2-14H2,1H3,(H-,20,21,22,23);;;1H2. The Bertz CT molecular complexity index is 451. The van der Waals surface area contributed by atoms with Crippen molar-refractivity contribution in [1.82, 2.24) is 0 Å². The molecule has 0 amide bonds. The van der Waals surface area contributed by atoms with Gasteiger partial charge in [0.05, 0.1) is 25.7 Å². The number of carbonyl (C=O) groups is 2. The molecule has 0 saturated heterocycles. The minimum absolute atomic E-state index is 0. The van der Waals surface area contributed by atoms with Crippen molar-refractivity contribution < 1.29 is 34.5 Å². The molecule has 8 nitrogen and oxygen atoms in total. The summed E-state index contributed by atoms with van der Waals surface area (Å²) in [5.74, 6) is -1.21. The molecule has 0 fully saturated rings. The maximum absolute atomic E-state index is 11.3. The second-order valence-corrected chi connectivity index (χ2v) is 6.38. The summed E-state index contributed by atoms with van der Waals surface area (Å²) in [5, 5.41) is 19.7. The van der Waals surface area contributed by atoms with Gasteiger partial charge in [-0.1, -0.05) is 39.0 Å². The number of quaternary nitrogens is 1. The molecule has 0 spiro atoms. The van der Waals surface area contributed by atoms with Gasteiger partial charge in [-0.25, -0.2) is 9.79 Å². The summed E-state index contributed by atoms with van der Waals surface area (Å²) < 4.78 is 5.35. The zero-order chi connectivity index (χ0) is 17.8. The minimum atomic E-state index is -1.26. The first-order valence-electron chi connectivity index (χ1n) is 8.89. The Kier molecular flexibility index (Phi) is 22.1. The van der Waals surface area contributed by atoms with Crippen LogP contribution in [-0.4, -0.2) is 131 Å². The number of hydrogen-bond acceptors (Lipinski definition) is 5. The number of carboxylic acid groups (broad SMARTS) is 2. The van der Waals surface area contributed by atoms with E-state index in [2.05, 4.69) is 11.9 Å². The number of hydrogen-bond donors (Lipinski definition) is 1. The zero-order valence-electron chi connectivity index (χ0n) is 17.2. The summed E-state index contributed by atoms with van der Waals surface area (Å²) >= 11 is 0. The van der Waals surface area contributed by atoms with Gasteiger partial charge in [0.15, 0.2) is 12.4 Å². The predicted octanol–water partition coefficient (Wildman–Crippen LogP) is -0.769. The molecule has 0 saturated carbocycles. The SMILES string of the molecule is CCCCCCCCC1=NCC[N+]1(CCOCC(=O)[O-])CC(=O)O.O.[Na].[Na]. The van der Waals surface area contributed by atoms with Crippen LogP contribution in [0.1, 0.15) is 51.9 Å². The van der Waals surface area contributed by atoms with Crippen LogP contribution in [0.2, 0.25) is 0 Å². The van der Waals surface area contributed by atoms with E-state index in [4.69, 9.17) is 4.74 Å². The van der Waals surface area contributed by atoms with Crippen LogP contribution in [0.4, 0.5) is 0 Å². The second kappa shape index (κ2) is 18.5. The Labute approximate surface area is 206 Å². The van der Waals surface area contributed by atoms with Crippen molar-refractivity contribution in [3.63, 3.8) is 0 Å². The smallest absolute Gasteiger partial charge is 0.359 e. The van der Waals surface area contributed by atoms with Gasteiger partial charge in [-0.2, -0.15) is 0 Å². The van der Waals surface area contributed by atoms with Crippen LogP contribution >= 0.6 is 0 Å². The van der Waals surface area contributed by atoms with Gasteiger partial charge in [-0.15, -0.1) is 0 Å². The fourth-order valence-electron chi connectivity index (χ4n) is 3.17. The molecule has 0 aliphatic carbocycles. The number of rotatable bonds is 14. The van der Waals surface area contributed by atoms with E-state index in [0.29, 0.717) is 19.6 Å². The number of carbonyl (C=O) groups excluding carboxylic acids is 1. The van der Waals surface area contributed by atoms with E-state index >= 15 is 0 Å². The third kappa shape index (κ3) is 13.4. The Balaban J connectivity index is -0.00000192. The summed E-state index contributed by atoms with van der Waals surface area (Å²) in [6.45, 7) is 3.60. The quantitative estimate of drug-likeness (QED) is 0.230. The average Bonchev–Trinajstić information content (AvgIpc) is 2.89. The van der Waals surface area contributed by atoms with Crippen molar-refractivity contribution in [2.45, 2.75) is 51.9 Å². The molecule has 1 aliphatic heterocycles. The minimum Gasteiger partial charge on any atom is -0.548 e. The van der Waals surface area contributed by atoms with Crippen LogP contribution in [0, 0.1) is 0 Å². The summed E-state index contributed by atoms with van der Waals surface area (Å²) in [4.78, 5) is 26.2. The molecule has 10 heteroatoms. The van der Waals surface area contributed by atoms with E-state index in [-0.39, 0.29) is 82.2 Å². The number of aliphatic imine (C=N–C) groups is 1. The van der Waals surface area contributed by atoms with Crippen LogP contribution in [0.15, 0.2) is 4.99 Å². The van der Waals surface area contributed by atoms with Gasteiger partial charge in [0.2, 0.25) is 0 Å². The maximum Gasteiger partial charge on any atom is 0.359 e. The summed E-state index contributed by atoms with van der Waals surface area (Å²) in [6.07, 6.45) is 7.88. The van der Waals surface area contributed by atoms with Crippen LogP contribution in [0.5, 0.6) is 0 Å². The molecule has 3 N–H and O–H groups in total. The number of amidine groups is 1. The van der Waals surface area contributed by atoms with Crippen LogP contribution in [0.3, 0.4) is 0 Å². The van der Waals surface area contributed by atoms with Gasteiger partial charge in [0, 0.05) is 65.5 Å².